The fourth-order valence-electron chi connectivity index (χ4n) is 1.85. The highest BCUT2D eigenvalue weighted by atomic mass is 79.9. The average molecular weight is 285 g/mol. The van der Waals surface area contributed by atoms with Crippen LogP contribution in [-0.2, 0) is 6.54 Å². The number of anilines is 1. The van der Waals surface area contributed by atoms with Gasteiger partial charge in [-0.2, -0.15) is 0 Å². The molecule has 0 amide bonds. The molecule has 1 aromatic carbocycles. The van der Waals surface area contributed by atoms with Crippen molar-refractivity contribution >= 4 is 21.6 Å². The number of rotatable bonds is 5. The predicted octanol–water partition coefficient (Wildman–Crippen LogP) is 3.53. The smallest absolute Gasteiger partial charge is 0.0513 e. The summed E-state index contributed by atoms with van der Waals surface area (Å²) in [5, 5.41) is 0. The van der Waals surface area contributed by atoms with Crippen molar-refractivity contribution in [2.75, 3.05) is 11.4 Å². The van der Waals surface area contributed by atoms with Crippen LogP contribution in [0, 0.1) is 0 Å². The van der Waals surface area contributed by atoms with Crippen molar-refractivity contribution in [1.82, 2.24) is 0 Å². The Kier molecular flexibility index (Phi) is 5.29. The van der Waals surface area contributed by atoms with Crippen LogP contribution >= 0.6 is 15.9 Å². The van der Waals surface area contributed by atoms with E-state index in [1.807, 2.05) is 0 Å². The van der Waals surface area contributed by atoms with Gasteiger partial charge in [-0.25, -0.2) is 0 Å². The van der Waals surface area contributed by atoms with Gasteiger partial charge in [0, 0.05) is 23.6 Å². The lowest BCUT2D eigenvalue weighted by Gasteiger charge is -2.30. The number of hydrogen-bond acceptors (Lipinski definition) is 2. The van der Waals surface area contributed by atoms with Gasteiger partial charge in [0.1, 0.15) is 0 Å². The molecule has 0 radical (unpaired) electrons. The van der Waals surface area contributed by atoms with E-state index in [0.29, 0.717) is 12.6 Å². The Labute approximate surface area is 107 Å². The molecule has 0 aliphatic rings. The van der Waals surface area contributed by atoms with E-state index in [4.69, 9.17) is 5.73 Å². The summed E-state index contributed by atoms with van der Waals surface area (Å²) in [7, 11) is 0. The summed E-state index contributed by atoms with van der Waals surface area (Å²) < 4.78 is 1.14. The first-order chi connectivity index (χ1) is 7.63. The molecule has 90 valence electrons. The Morgan fingerprint density at radius 3 is 2.50 bits per heavy atom. The van der Waals surface area contributed by atoms with Crippen molar-refractivity contribution in [3.05, 3.63) is 28.2 Å². The minimum atomic E-state index is 0.560. The van der Waals surface area contributed by atoms with Crippen LogP contribution < -0.4 is 10.6 Å². The van der Waals surface area contributed by atoms with Crippen molar-refractivity contribution in [1.29, 1.82) is 0 Å². The third kappa shape index (κ3) is 2.98. The Balaban J connectivity index is 3.01. The number of nitrogens with zero attached hydrogens (tertiary/aromatic N) is 1. The summed E-state index contributed by atoms with van der Waals surface area (Å²) in [6.45, 7) is 8.28. The fraction of sp³-hybridized carbons (Fsp3) is 0.538. The second-order valence-corrected chi connectivity index (χ2v) is 4.89. The highest BCUT2D eigenvalue weighted by Gasteiger charge is 2.13. The first-order valence-electron chi connectivity index (χ1n) is 5.89. The van der Waals surface area contributed by atoms with Gasteiger partial charge >= 0.3 is 0 Å². The Hall–Kier alpha value is -0.540. The predicted molar refractivity (Wildman–Crippen MR) is 74.8 cm³/mol. The molecule has 1 atom stereocenters. The molecule has 1 aromatic rings. The summed E-state index contributed by atoms with van der Waals surface area (Å²) >= 11 is 3.63. The van der Waals surface area contributed by atoms with E-state index < -0.39 is 0 Å². The first-order valence-corrected chi connectivity index (χ1v) is 6.68. The van der Waals surface area contributed by atoms with Gasteiger partial charge in [-0.3, -0.25) is 0 Å². The molecule has 1 rings (SSSR count). The van der Waals surface area contributed by atoms with Crippen molar-refractivity contribution in [3.8, 4) is 0 Å². The van der Waals surface area contributed by atoms with Crippen LogP contribution in [0.3, 0.4) is 0 Å². The first kappa shape index (κ1) is 13.5. The van der Waals surface area contributed by atoms with Crippen LogP contribution in [0.1, 0.15) is 32.8 Å². The zero-order valence-electron chi connectivity index (χ0n) is 10.3. The van der Waals surface area contributed by atoms with E-state index in [2.05, 4.69) is 59.8 Å². The van der Waals surface area contributed by atoms with Crippen molar-refractivity contribution in [2.24, 2.45) is 5.73 Å². The second-order valence-electron chi connectivity index (χ2n) is 4.03. The highest BCUT2D eigenvalue weighted by Crippen LogP contribution is 2.29. The van der Waals surface area contributed by atoms with Gasteiger partial charge in [0.2, 0.25) is 0 Å². The number of benzene rings is 1. The molecule has 2 nitrogen and oxygen atoms in total. The fourth-order valence-corrected chi connectivity index (χ4v) is 2.50. The van der Waals surface area contributed by atoms with E-state index >= 15 is 0 Å². The SMILES string of the molecule is CCC(C)N(CC)c1ccc(CN)cc1Br. The molecule has 0 aliphatic heterocycles. The van der Waals surface area contributed by atoms with Gasteiger partial charge in [0.05, 0.1) is 5.69 Å². The number of halogens is 1. The lowest BCUT2D eigenvalue weighted by molar-refractivity contribution is 0.629. The highest BCUT2D eigenvalue weighted by molar-refractivity contribution is 9.10. The molecule has 0 heterocycles. The van der Waals surface area contributed by atoms with Crippen molar-refractivity contribution in [2.45, 2.75) is 39.8 Å². The van der Waals surface area contributed by atoms with E-state index in [1.165, 1.54) is 5.69 Å². The maximum atomic E-state index is 5.63. The van der Waals surface area contributed by atoms with Crippen LogP contribution in [0.4, 0.5) is 5.69 Å². The molecule has 0 saturated heterocycles. The normalized spacial score (nSPS) is 12.6. The second kappa shape index (κ2) is 6.26. The van der Waals surface area contributed by atoms with Crippen LogP contribution in [0.15, 0.2) is 22.7 Å². The quantitative estimate of drug-likeness (QED) is 0.896. The number of nitrogens with two attached hydrogens (primary N) is 1. The number of hydrogen-bond donors (Lipinski definition) is 1. The Morgan fingerprint density at radius 2 is 2.06 bits per heavy atom. The third-order valence-corrected chi connectivity index (χ3v) is 3.66. The molecule has 0 bridgehead atoms. The van der Waals surface area contributed by atoms with Crippen LogP contribution in [-0.4, -0.2) is 12.6 Å². The largest absolute Gasteiger partial charge is 0.368 e. The van der Waals surface area contributed by atoms with Gasteiger partial charge in [0.15, 0.2) is 0 Å². The maximum Gasteiger partial charge on any atom is 0.0513 e. The molecule has 0 aliphatic carbocycles. The summed E-state index contributed by atoms with van der Waals surface area (Å²) in [4.78, 5) is 2.41. The van der Waals surface area contributed by atoms with Crippen molar-refractivity contribution in [3.63, 3.8) is 0 Å². The van der Waals surface area contributed by atoms with Crippen LogP contribution in [0.5, 0.6) is 0 Å². The Morgan fingerprint density at radius 1 is 1.38 bits per heavy atom. The van der Waals surface area contributed by atoms with Gasteiger partial charge < -0.3 is 10.6 Å². The molecule has 1 unspecified atom stereocenters. The van der Waals surface area contributed by atoms with Crippen LogP contribution in [0.25, 0.3) is 0 Å². The summed E-state index contributed by atoms with van der Waals surface area (Å²) in [5.74, 6) is 0. The maximum absolute atomic E-state index is 5.63. The van der Waals surface area contributed by atoms with E-state index in [-0.39, 0.29) is 0 Å². The monoisotopic (exact) mass is 284 g/mol. The van der Waals surface area contributed by atoms with E-state index in [0.717, 1.165) is 23.0 Å². The van der Waals surface area contributed by atoms with Crippen molar-refractivity contribution < 1.29 is 0 Å². The third-order valence-electron chi connectivity index (χ3n) is 3.02. The molecule has 16 heavy (non-hydrogen) atoms. The summed E-state index contributed by atoms with van der Waals surface area (Å²) in [5.41, 5.74) is 8.05. The van der Waals surface area contributed by atoms with Gasteiger partial charge in [-0.15, -0.1) is 0 Å². The molecule has 0 aromatic heterocycles. The Bertz CT molecular complexity index is 339. The zero-order chi connectivity index (χ0) is 12.1. The molecular weight excluding hydrogens is 264 g/mol. The molecular formula is C13H21BrN2. The molecule has 0 fully saturated rings. The lowest BCUT2D eigenvalue weighted by Crippen LogP contribution is -2.32. The minimum Gasteiger partial charge on any atom is -0.368 e. The molecule has 0 saturated carbocycles. The molecule has 3 heteroatoms. The average Bonchev–Trinajstić information content (AvgIpc) is 2.31. The van der Waals surface area contributed by atoms with Crippen LogP contribution in [0.2, 0.25) is 0 Å². The molecule has 2 N–H and O–H groups in total. The zero-order valence-corrected chi connectivity index (χ0v) is 11.9. The summed E-state index contributed by atoms with van der Waals surface area (Å²) in [6.07, 6.45) is 1.15. The molecule has 0 spiro atoms. The van der Waals surface area contributed by atoms with E-state index in [9.17, 15) is 0 Å². The topological polar surface area (TPSA) is 29.3 Å². The van der Waals surface area contributed by atoms with Gasteiger partial charge in [-0.05, 0) is 53.9 Å². The summed E-state index contributed by atoms with van der Waals surface area (Å²) in [6, 6.07) is 6.93. The van der Waals surface area contributed by atoms with Gasteiger partial charge in [-0.1, -0.05) is 13.0 Å². The van der Waals surface area contributed by atoms with E-state index in [1.54, 1.807) is 0 Å². The van der Waals surface area contributed by atoms with Gasteiger partial charge in [0.25, 0.3) is 0 Å². The standard InChI is InChI=1S/C13H21BrN2/c1-4-10(3)16(5-2)13-7-6-11(9-15)8-12(13)14/h6-8,10H,4-5,9,15H2,1-3H3. The minimum absolute atomic E-state index is 0.560. The lowest BCUT2D eigenvalue weighted by atomic mass is 10.1.